The van der Waals surface area contributed by atoms with Crippen molar-refractivity contribution in [2.45, 2.75) is 86.3 Å². The molecule has 1 atom stereocenters. The molecular weight excluding hydrogens is 518 g/mol. The number of ether oxygens (including phenoxy) is 3. The highest BCUT2D eigenvalue weighted by molar-refractivity contribution is 5.91. The van der Waals surface area contributed by atoms with Gasteiger partial charge in [0.1, 0.15) is 23.8 Å². The smallest absolute Gasteiger partial charge is 0.360 e. The summed E-state index contributed by atoms with van der Waals surface area (Å²) in [5.74, 6) is 0.235. The van der Waals surface area contributed by atoms with Gasteiger partial charge in [0.2, 0.25) is 0 Å². The third-order valence-corrected chi connectivity index (χ3v) is 7.90. The van der Waals surface area contributed by atoms with E-state index in [0.29, 0.717) is 30.2 Å². The number of hydrogen-bond donors (Lipinski definition) is 1. The molecule has 222 valence electrons. The van der Waals surface area contributed by atoms with Crippen LogP contribution in [0, 0.1) is 12.3 Å². The number of hydrogen-bond acceptors (Lipinski definition) is 6. The normalized spacial score (nSPS) is 12.6. The highest BCUT2D eigenvalue weighted by Gasteiger charge is 2.35. The second-order valence-corrected chi connectivity index (χ2v) is 11.4. The van der Waals surface area contributed by atoms with Crippen molar-refractivity contribution >= 4 is 11.9 Å². The average Bonchev–Trinajstić information content (AvgIpc) is 3.38. The van der Waals surface area contributed by atoms with E-state index >= 15 is 0 Å². The number of nitrogens with zero attached hydrogens (tertiary/aromatic N) is 1. The van der Waals surface area contributed by atoms with Crippen molar-refractivity contribution in [2.75, 3.05) is 13.2 Å². The molecule has 1 heterocycles. The molecule has 0 aliphatic rings. The number of carbonyl (C=O) groups is 2. The van der Waals surface area contributed by atoms with Crippen molar-refractivity contribution in [2.24, 2.45) is 5.41 Å². The number of aryl methyl sites for hydroxylation is 1. The standard InChI is InChI=1S/C34H45NO6/c1-9-34(10-2,25-15-19-28(23(5)21-25)40-22-30(36)33(6,7)8)29-20-18-27(35(29)11-3)32(38)41-26-16-13-24(14-17-26)31(37)39-12-4/h13-21,30,36H,9-12,22H2,1-8H3. The Labute approximate surface area is 244 Å². The van der Waals surface area contributed by atoms with Gasteiger partial charge < -0.3 is 23.9 Å². The second kappa shape index (κ2) is 13.4. The first-order valence-electron chi connectivity index (χ1n) is 14.5. The summed E-state index contributed by atoms with van der Waals surface area (Å²) in [4.78, 5) is 25.2. The summed E-state index contributed by atoms with van der Waals surface area (Å²) in [6.07, 6.45) is 1.09. The Kier molecular flexibility index (Phi) is 10.4. The number of aromatic nitrogens is 1. The van der Waals surface area contributed by atoms with Crippen molar-refractivity contribution in [1.29, 1.82) is 0 Å². The number of benzene rings is 2. The monoisotopic (exact) mass is 563 g/mol. The number of esters is 2. The van der Waals surface area contributed by atoms with Gasteiger partial charge in [0, 0.05) is 17.7 Å². The first-order chi connectivity index (χ1) is 19.4. The molecule has 0 saturated carbocycles. The maximum Gasteiger partial charge on any atom is 0.360 e. The van der Waals surface area contributed by atoms with Crippen LogP contribution in [-0.2, 0) is 16.7 Å². The Bertz CT molecular complexity index is 1330. The van der Waals surface area contributed by atoms with Crippen LogP contribution >= 0.6 is 0 Å². The van der Waals surface area contributed by atoms with E-state index in [4.69, 9.17) is 14.2 Å². The van der Waals surface area contributed by atoms with Gasteiger partial charge in [0.25, 0.3) is 0 Å². The minimum Gasteiger partial charge on any atom is -0.491 e. The molecule has 7 nitrogen and oxygen atoms in total. The lowest BCUT2D eigenvalue weighted by Crippen LogP contribution is -2.32. The van der Waals surface area contributed by atoms with Crippen LogP contribution in [0.15, 0.2) is 54.6 Å². The molecule has 3 aromatic rings. The summed E-state index contributed by atoms with van der Waals surface area (Å²) in [7, 11) is 0. The molecule has 3 rings (SSSR count). The fourth-order valence-electron chi connectivity index (χ4n) is 5.13. The Morgan fingerprint density at radius 1 is 0.902 bits per heavy atom. The van der Waals surface area contributed by atoms with Crippen LogP contribution in [0.3, 0.4) is 0 Å². The summed E-state index contributed by atoms with van der Waals surface area (Å²) in [5.41, 5.74) is 3.47. The molecule has 1 unspecified atom stereocenters. The second-order valence-electron chi connectivity index (χ2n) is 11.4. The van der Waals surface area contributed by atoms with Crippen molar-refractivity contribution in [1.82, 2.24) is 4.57 Å². The van der Waals surface area contributed by atoms with E-state index in [2.05, 4.69) is 26.0 Å². The Morgan fingerprint density at radius 2 is 1.56 bits per heavy atom. The lowest BCUT2D eigenvalue weighted by atomic mass is 9.72. The summed E-state index contributed by atoms with van der Waals surface area (Å²) < 4.78 is 18.7. The van der Waals surface area contributed by atoms with Crippen molar-refractivity contribution in [3.05, 3.63) is 82.7 Å². The lowest BCUT2D eigenvalue weighted by molar-refractivity contribution is 0.0216. The van der Waals surface area contributed by atoms with Crippen molar-refractivity contribution < 1.29 is 28.9 Å². The summed E-state index contributed by atoms with van der Waals surface area (Å²) in [5, 5.41) is 10.4. The Balaban J connectivity index is 1.89. The first kappa shape index (κ1) is 31.9. The van der Waals surface area contributed by atoms with Crippen molar-refractivity contribution in [3.8, 4) is 11.5 Å². The van der Waals surface area contributed by atoms with Gasteiger partial charge in [-0.1, -0.05) is 46.8 Å². The Morgan fingerprint density at radius 3 is 2.10 bits per heavy atom. The van der Waals surface area contributed by atoms with E-state index in [-0.39, 0.29) is 17.4 Å². The maximum atomic E-state index is 13.3. The van der Waals surface area contributed by atoms with Gasteiger partial charge in [-0.15, -0.1) is 0 Å². The molecule has 41 heavy (non-hydrogen) atoms. The minimum atomic E-state index is -0.575. The zero-order chi connectivity index (χ0) is 30.4. The molecule has 0 radical (unpaired) electrons. The third-order valence-electron chi connectivity index (χ3n) is 7.90. The zero-order valence-electron chi connectivity index (χ0n) is 25.7. The van der Waals surface area contributed by atoms with Gasteiger partial charge in [0.05, 0.1) is 18.3 Å². The highest BCUT2D eigenvalue weighted by Crippen LogP contribution is 2.41. The van der Waals surface area contributed by atoms with Crippen LogP contribution in [0.5, 0.6) is 11.5 Å². The predicted octanol–water partition coefficient (Wildman–Crippen LogP) is 7.10. The largest absolute Gasteiger partial charge is 0.491 e. The van der Waals surface area contributed by atoms with Gasteiger partial charge in [-0.25, -0.2) is 9.59 Å². The molecule has 0 spiro atoms. The zero-order valence-corrected chi connectivity index (χ0v) is 25.7. The first-order valence-corrected chi connectivity index (χ1v) is 14.5. The van der Waals surface area contributed by atoms with Crippen LogP contribution in [0.25, 0.3) is 0 Å². The maximum absolute atomic E-state index is 13.3. The third kappa shape index (κ3) is 7.02. The molecule has 7 heteroatoms. The minimum absolute atomic E-state index is 0.228. The van der Waals surface area contributed by atoms with Gasteiger partial charge in [-0.2, -0.15) is 0 Å². The number of aliphatic hydroxyl groups excluding tert-OH is 1. The molecule has 0 aliphatic carbocycles. The molecule has 0 fully saturated rings. The molecule has 0 saturated heterocycles. The van der Waals surface area contributed by atoms with Gasteiger partial charge in [-0.05, 0) is 92.6 Å². The molecule has 0 aliphatic heterocycles. The molecule has 0 bridgehead atoms. The van der Waals surface area contributed by atoms with Crippen LogP contribution in [0.4, 0.5) is 0 Å². The molecule has 0 amide bonds. The fourth-order valence-corrected chi connectivity index (χ4v) is 5.13. The SMILES string of the molecule is CCOC(=O)c1ccc(OC(=O)c2ccc(C(CC)(CC)c3ccc(OCC(O)C(C)(C)C)c(C)c3)n2CC)cc1. The fraction of sp³-hybridized carbons (Fsp3) is 0.471. The van der Waals surface area contributed by atoms with Crippen molar-refractivity contribution in [3.63, 3.8) is 0 Å². The number of aliphatic hydroxyl groups is 1. The van der Waals surface area contributed by atoms with Gasteiger partial charge in [-0.3, -0.25) is 0 Å². The number of carbonyl (C=O) groups excluding carboxylic acids is 2. The average molecular weight is 564 g/mol. The van der Waals surface area contributed by atoms with E-state index in [0.717, 1.165) is 35.4 Å². The quantitative estimate of drug-likeness (QED) is 0.187. The van der Waals surface area contributed by atoms with E-state index in [1.807, 2.05) is 57.4 Å². The molecule has 2 aromatic carbocycles. The van der Waals surface area contributed by atoms with E-state index < -0.39 is 18.0 Å². The Hall–Kier alpha value is -3.58. The van der Waals surface area contributed by atoms with E-state index in [9.17, 15) is 14.7 Å². The predicted molar refractivity (Wildman–Crippen MR) is 161 cm³/mol. The molecule has 1 aromatic heterocycles. The van der Waals surface area contributed by atoms with Gasteiger partial charge in [0.15, 0.2) is 0 Å². The highest BCUT2D eigenvalue weighted by atomic mass is 16.5. The van der Waals surface area contributed by atoms with Crippen LogP contribution in [0.2, 0.25) is 0 Å². The van der Waals surface area contributed by atoms with Crippen LogP contribution in [-0.4, -0.2) is 40.9 Å². The van der Waals surface area contributed by atoms with E-state index in [1.54, 1.807) is 31.2 Å². The molecular formula is C34H45NO6. The lowest BCUT2D eigenvalue weighted by Gasteiger charge is -2.34. The number of rotatable bonds is 12. The topological polar surface area (TPSA) is 87.0 Å². The van der Waals surface area contributed by atoms with Gasteiger partial charge >= 0.3 is 11.9 Å². The van der Waals surface area contributed by atoms with Crippen LogP contribution < -0.4 is 9.47 Å². The van der Waals surface area contributed by atoms with E-state index in [1.165, 1.54) is 0 Å². The molecule has 1 N–H and O–H groups in total. The summed E-state index contributed by atoms with van der Waals surface area (Å²) in [6, 6.07) is 16.4. The summed E-state index contributed by atoms with van der Waals surface area (Å²) >= 11 is 0. The van der Waals surface area contributed by atoms with Crippen LogP contribution in [0.1, 0.15) is 99.0 Å². The summed E-state index contributed by atoms with van der Waals surface area (Å²) in [6.45, 7) is 17.2.